The van der Waals surface area contributed by atoms with Gasteiger partial charge in [0.2, 0.25) is 5.88 Å². The van der Waals surface area contributed by atoms with Crippen molar-refractivity contribution in [3.63, 3.8) is 0 Å². The predicted molar refractivity (Wildman–Crippen MR) is 102 cm³/mol. The van der Waals surface area contributed by atoms with Crippen LogP contribution in [0.4, 0.5) is 0 Å². The minimum Gasteiger partial charge on any atom is -0.484 e. The lowest BCUT2D eigenvalue weighted by Crippen LogP contribution is -2.43. The van der Waals surface area contributed by atoms with E-state index in [0.717, 1.165) is 23.9 Å². The highest BCUT2D eigenvalue weighted by Crippen LogP contribution is 2.19. The van der Waals surface area contributed by atoms with Crippen molar-refractivity contribution in [2.75, 3.05) is 19.7 Å². The molecule has 1 aliphatic rings. The predicted octanol–water partition coefficient (Wildman–Crippen LogP) is 3.08. The summed E-state index contributed by atoms with van der Waals surface area (Å²) in [4.78, 5) is 23.0. The van der Waals surface area contributed by atoms with Crippen LogP contribution in [0.3, 0.4) is 0 Å². The number of benzene rings is 2. The molecule has 0 N–H and O–H groups in total. The summed E-state index contributed by atoms with van der Waals surface area (Å²) in [5.41, 5.74) is 1.67. The van der Waals surface area contributed by atoms with Gasteiger partial charge in [-0.15, -0.1) is 0 Å². The monoisotopic (exact) mass is 363 g/mol. The Balaban J connectivity index is 1.27. The second kappa shape index (κ2) is 8.03. The molecular formula is C21H21N3O3. The maximum atomic E-state index is 12.3. The van der Waals surface area contributed by atoms with Crippen LogP contribution in [0.1, 0.15) is 12.8 Å². The van der Waals surface area contributed by atoms with Crippen LogP contribution in [0.25, 0.3) is 11.0 Å². The van der Waals surface area contributed by atoms with E-state index in [-0.39, 0.29) is 18.6 Å². The van der Waals surface area contributed by atoms with Gasteiger partial charge in [-0.3, -0.25) is 4.79 Å². The third-order valence-corrected chi connectivity index (χ3v) is 4.61. The molecule has 27 heavy (non-hydrogen) atoms. The zero-order valence-corrected chi connectivity index (χ0v) is 15.0. The first-order valence-electron chi connectivity index (χ1n) is 9.12. The van der Waals surface area contributed by atoms with Crippen LogP contribution in [-0.2, 0) is 4.79 Å². The van der Waals surface area contributed by atoms with Crippen LogP contribution in [0, 0.1) is 0 Å². The Hall–Kier alpha value is -3.15. The maximum absolute atomic E-state index is 12.3. The van der Waals surface area contributed by atoms with Crippen molar-refractivity contribution in [1.82, 2.24) is 14.9 Å². The van der Waals surface area contributed by atoms with Crippen molar-refractivity contribution in [2.24, 2.45) is 0 Å². The summed E-state index contributed by atoms with van der Waals surface area (Å²) in [7, 11) is 0. The second-order valence-electron chi connectivity index (χ2n) is 6.50. The number of fused-ring (bicyclic) bond motifs is 1. The molecule has 1 saturated heterocycles. The molecule has 2 heterocycles. The van der Waals surface area contributed by atoms with Crippen molar-refractivity contribution in [1.29, 1.82) is 0 Å². The van der Waals surface area contributed by atoms with Crippen LogP contribution in [0.15, 0.2) is 60.8 Å². The van der Waals surface area contributed by atoms with Crippen molar-refractivity contribution in [3.05, 3.63) is 60.8 Å². The molecule has 0 atom stereocenters. The molecule has 6 heteroatoms. The minimum atomic E-state index is 0.00259. The highest BCUT2D eigenvalue weighted by molar-refractivity contribution is 5.78. The molecule has 3 aromatic rings. The van der Waals surface area contributed by atoms with Crippen LogP contribution in [0.5, 0.6) is 11.6 Å². The van der Waals surface area contributed by atoms with E-state index in [2.05, 4.69) is 9.97 Å². The quantitative estimate of drug-likeness (QED) is 0.697. The van der Waals surface area contributed by atoms with Gasteiger partial charge in [-0.2, -0.15) is 0 Å². The molecule has 6 nitrogen and oxygen atoms in total. The number of aromatic nitrogens is 2. The molecule has 138 valence electrons. The molecule has 0 aliphatic carbocycles. The van der Waals surface area contributed by atoms with Gasteiger partial charge in [0.25, 0.3) is 5.91 Å². The summed E-state index contributed by atoms with van der Waals surface area (Å²) in [6.45, 7) is 1.37. The normalized spacial score (nSPS) is 14.9. The Kier molecular flexibility index (Phi) is 5.14. The number of ether oxygens (including phenoxy) is 2. The lowest BCUT2D eigenvalue weighted by Gasteiger charge is -2.31. The van der Waals surface area contributed by atoms with Gasteiger partial charge in [-0.1, -0.05) is 30.3 Å². The summed E-state index contributed by atoms with van der Waals surface area (Å²) in [6, 6.07) is 17.1. The number of likely N-dealkylation sites (tertiary alicyclic amines) is 1. The molecule has 0 spiro atoms. The summed E-state index contributed by atoms with van der Waals surface area (Å²) in [5.74, 6) is 1.24. The van der Waals surface area contributed by atoms with E-state index < -0.39 is 0 Å². The van der Waals surface area contributed by atoms with Gasteiger partial charge in [0.05, 0.1) is 17.2 Å². The Morgan fingerprint density at radius 2 is 1.70 bits per heavy atom. The van der Waals surface area contributed by atoms with Crippen molar-refractivity contribution >= 4 is 16.9 Å². The Labute approximate surface area is 157 Å². The highest BCUT2D eigenvalue weighted by Gasteiger charge is 2.24. The third-order valence-electron chi connectivity index (χ3n) is 4.61. The third kappa shape index (κ3) is 4.34. The average Bonchev–Trinajstić information content (AvgIpc) is 2.73. The van der Waals surface area contributed by atoms with Gasteiger partial charge in [0, 0.05) is 25.9 Å². The first kappa shape index (κ1) is 17.3. The number of rotatable bonds is 5. The topological polar surface area (TPSA) is 64.5 Å². The molecule has 1 fully saturated rings. The largest absolute Gasteiger partial charge is 0.484 e. The summed E-state index contributed by atoms with van der Waals surface area (Å²) < 4.78 is 11.5. The lowest BCUT2D eigenvalue weighted by atomic mass is 10.1. The van der Waals surface area contributed by atoms with Crippen molar-refractivity contribution in [3.8, 4) is 11.6 Å². The van der Waals surface area contributed by atoms with E-state index >= 15 is 0 Å². The minimum absolute atomic E-state index is 0.00259. The summed E-state index contributed by atoms with van der Waals surface area (Å²) in [5, 5.41) is 0. The Morgan fingerprint density at radius 1 is 1.00 bits per heavy atom. The highest BCUT2D eigenvalue weighted by atomic mass is 16.5. The Bertz CT molecular complexity index is 909. The van der Waals surface area contributed by atoms with Crippen LogP contribution < -0.4 is 9.47 Å². The SMILES string of the molecule is O=C(COc1ccccc1)N1CCC(Oc2cnc3ccccc3n2)CC1. The zero-order valence-electron chi connectivity index (χ0n) is 15.0. The molecule has 2 aromatic carbocycles. The molecular weight excluding hydrogens is 342 g/mol. The van der Waals surface area contributed by atoms with Gasteiger partial charge >= 0.3 is 0 Å². The van der Waals surface area contributed by atoms with Gasteiger partial charge in [0.1, 0.15) is 11.9 Å². The van der Waals surface area contributed by atoms with Gasteiger partial charge in [-0.25, -0.2) is 9.97 Å². The van der Waals surface area contributed by atoms with Crippen LogP contribution >= 0.6 is 0 Å². The Morgan fingerprint density at radius 3 is 2.48 bits per heavy atom. The molecule has 0 radical (unpaired) electrons. The van der Waals surface area contributed by atoms with E-state index in [1.54, 1.807) is 6.20 Å². The summed E-state index contributed by atoms with van der Waals surface area (Å²) in [6.07, 6.45) is 3.24. The van der Waals surface area contributed by atoms with E-state index in [0.29, 0.717) is 24.7 Å². The zero-order chi connectivity index (χ0) is 18.5. The number of para-hydroxylation sites is 3. The number of hydrogen-bond acceptors (Lipinski definition) is 5. The molecule has 1 aliphatic heterocycles. The standard InChI is InChI=1S/C21H21N3O3/c25-21(15-26-16-6-2-1-3-7-16)24-12-10-17(11-13-24)27-20-14-22-18-8-4-5-9-19(18)23-20/h1-9,14,17H,10-13,15H2. The fourth-order valence-corrected chi connectivity index (χ4v) is 3.14. The molecule has 0 unspecified atom stereocenters. The number of hydrogen-bond donors (Lipinski definition) is 0. The number of nitrogens with zero attached hydrogens (tertiary/aromatic N) is 3. The molecule has 4 rings (SSSR count). The number of carbonyl (C=O) groups excluding carboxylic acids is 1. The first-order chi connectivity index (χ1) is 13.3. The van der Waals surface area contributed by atoms with Gasteiger partial charge < -0.3 is 14.4 Å². The maximum Gasteiger partial charge on any atom is 0.260 e. The van der Waals surface area contributed by atoms with Crippen LogP contribution in [-0.4, -0.2) is 46.6 Å². The molecule has 1 aromatic heterocycles. The van der Waals surface area contributed by atoms with Crippen molar-refractivity contribution < 1.29 is 14.3 Å². The molecule has 1 amide bonds. The van der Waals surface area contributed by atoms with Gasteiger partial charge in [0.15, 0.2) is 6.61 Å². The smallest absolute Gasteiger partial charge is 0.260 e. The van der Waals surface area contributed by atoms with Gasteiger partial charge in [-0.05, 0) is 24.3 Å². The fraction of sp³-hybridized carbons (Fsp3) is 0.286. The first-order valence-corrected chi connectivity index (χ1v) is 9.12. The van der Waals surface area contributed by atoms with Crippen LogP contribution in [0.2, 0.25) is 0 Å². The average molecular weight is 363 g/mol. The van der Waals surface area contributed by atoms with E-state index in [1.807, 2.05) is 59.5 Å². The fourth-order valence-electron chi connectivity index (χ4n) is 3.14. The summed E-state index contributed by atoms with van der Waals surface area (Å²) >= 11 is 0. The van der Waals surface area contributed by atoms with E-state index in [4.69, 9.17) is 9.47 Å². The number of piperidine rings is 1. The number of carbonyl (C=O) groups is 1. The molecule has 0 saturated carbocycles. The molecule has 0 bridgehead atoms. The van der Waals surface area contributed by atoms with E-state index in [9.17, 15) is 4.79 Å². The lowest BCUT2D eigenvalue weighted by molar-refractivity contribution is -0.135. The van der Waals surface area contributed by atoms with Crippen molar-refractivity contribution in [2.45, 2.75) is 18.9 Å². The second-order valence-corrected chi connectivity index (χ2v) is 6.50. The number of amides is 1. The van der Waals surface area contributed by atoms with E-state index in [1.165, 1.54) is 0 Å².